The van der Waals surface area contributed by atoms with Gasteiger partial charge in [0.15, 0.2) is 5.69 Å². The Morgan fingerprint density at radius 2 is 2.14 bits per heavy atom. The number of rotatable bonds is 2. The SMILES string of the molecule is [C-]#[N+]c1cccc(S(=O)(=O)N=C=O)c1. The summed E-state index contributed by atoms with van der Waals surface area (Å²) in [4.78, 5) is 12.7. The molecule has 0 spiro atoms. The Morgan fingerprint density at radius 3 is 2.71 bits per heavy atom. The number of hydrogen-bond donors (Lipinski definition) is 0. The van der Waals surface area contributed by atoms with Gasteiger partial charge in [0.1, 0.15) is 0 Å². The van der Waals surface area contributed by atoms with E-state index in [2.05, 4.69) is 9.24 Å². The van der Waals surface area contributed by atoms with Crippen molar-refractivity contribution >= 4 is 21.8 Å². The van der Waals surface area contributed by atoms with Crippen molar-refractivity contribution in [1.82, 2.24) is 0 Å². The molecule has 0 bridgehead atoms. The van der Waals surface area contributed by atoms with Crippen molar-refractivity contribution in [3.8, 4) is 0 Å². The molecule has 70 valence electrons. The molecule has 0 amide bonds. The van der Waals surface area contributed by atoms with Gasteiger partial charge in [-0.1, -0.05) is 16.5 Å². The molecule has 6 heteroatoms. The minimum Gasteiger partial charge on any atom is -0.238 e. The Labute approximate surface area is 80.6 Å². The maximum Gasteiger partial charge on any atom is 0.291 e. The molecule has 1 aromatic rings. The van der Waals surface area contributed by atoms with E-state index in [4.69, 9.17) is 6.57 Å². The molecular formula is C8H4N2O3S. The van der Waals surface area contributed by atoms with E-state index in [0.717, 1.165) is 12.1 Å². The summed E-state index contributed by atoms with van der Waals surface area (Å²) < 4.78 is 25.0. The first-order valence-electron chi connectivity index (χ1n) is 3.42. The number of hydrogen-bond acceptors (Lipinski definition) is 3. The quantitative estimate of drug-likeness (QED) is 0.417. The minimum atomic E-state index is -3.98. The molecule has 0 aliphatic rings. The Kier molecular flexibility index (Phi) is 2.77. The summed E-state index contributed by atoms with van der Waals surface area (Å²) in [6.07, 6.45) is 0.953. The minimum absolute atomic E-state index is 0.173. The molecule has 0 atom stereocenters. The maximum atomic E-state index is 11.2. The van der Waals surface area contributed by atoms with Crippen molar-refractivity contribution in [3.63, 3.8) is 0 Å². The zero-order valence-corrected chi connectivity index (χ0v) is 7.65. The van der Waals surface area contributed by atoms with Crippen molar-refractivity contribution in [2.75, 3.05) is 0 Å². The van der Waals surface area contributed by atoms with Gasteiger partial charge in [-0.05, 0) is 12.1 Å². The smallest absolute Gasteiger partial charge is 0.238 e. The summed E-state index contributed by atoms with van der Waals surface area (Å²) >= 11 is 0. The number of isocyanates is 1. The summed E-state index contributed by atoms with van der Waals surface area (Å²) in [5, 5.41) is 0. The molecule has 0 aliphatic carbocycles. The highest BCUT2D eigenvalue weighted by atomic mass is 32.2. The predicted molar refractivity (Wildman–Crippen MR) is 48.0 cm³/mol. The second kappa shape index (κ2) is 3.83. The van der Waals surface area contributed by atoms with Crippen LogP contribution in [0.25, 0.3) is 4.85 Å². The third kappa shape index (κ3) is 2.04. The lowest BCUT2D eigenvalue weighted by atomic mass is 10.3. The largest absolute Gasteiger partial charge is 0.291 e. The normalized spacial score (nSPS) is 9.93. The van der Waals surface area contributed by atoms with Crippen LogP contribution in [0.2, 0.25) is 0 Å². The van der Waals surface area contributed by atoms with Crippen molar-refractivity contribution in [3.05, 3.63) is 35.7 Å². The highest BCUT2D eigenvalue weighted by Gasteiger charge is 2.12. The van der Waals surface area contributed by atoms with Crippen LogP contribution in [0.15, 0.2) is 33.6 Å². The second-order valence-electron chi connectivity index (χ2n) is 2.27. The fraction of sp³-hybridized carbons (Fsp3) is 0. The summed E-state index contributed by atoms with van der Waals surface area (Å²) in [7, 11) is -3.98. The lowest BCUT2D eigenvalue weighted by Gasteiger charge is -1.95. The topological polar surface area (TPSA) is 67.9 Å². The molecule has 0 fully saturated rings. The van der Waals surface area contributed by atoms with Crippen molar-refractivity contribution in [2.45, 2.75) is 4.90 Å². The van der Waals surface area contributed by atoms with Gasteiger partial charge in [-0.15, -0.1) is 0 Å². The fourth-order valence-corrected chi connectivity index (χ4v) is 1.54. The average molecular weight is 208 g/mol. The summed E-state index contributed by atoms with van der Waals surface area (Å²) in [5.41, 5.74) is 0.173. The zero-order chi connectivity index (χ0) is 10.6. The van der Waals surface area contributed by atoms with E-state index in [1.165, 1.54) is 18.2 Å². The van der Waals surface area contributed by atoms with Gasteiger partial charge >= 0.3 is 0 Å². The van der Waals surface area contributed by atoms with Crippen LogP contribution in [0.4, 0.5) is 5.69 Å². The predicted octanol–water partition coefficient (Wildman–Crippen LogP) is 1.26. The van der Waals surface area contributed by atoms with E-state index in [1.807, 2.05) is 0 Å². The third-order valence-corrected chi connectivity index (χ3v) is 2.57. The second-order valence-corrected chi connectivity index (χ2v) is 3.87. The van der Waals surface area contributed by atoms with Crippen molar-refractivity contribution in [2.24, 2.45) is 4.40 Å². The first-order valence-corrected chi connectivity index (χ1v) is 4.86. The van der Waals surface area contributed by atoms with Crippen LogP contribution in [0.5, 0.6) is 0 Å². The molecule has 0 aromatic heterocycles. The monoisotopic (exact) mass is 208 g/mol. The standard InChI is InChI=1S/C8H4N2O3S/c1-9-7-3-2-4-8(5-7)14(12,13)10-6-11/h2-5H. The highest BCUT2D eigenvalue weighted by Crippen LogP contribution is 2.18. The zero-order valence-electron chi connectivity index (χ0n) is 6.84. The van der Waals surface area contributed by atoms with E-state index in [1.54, 1.807) is 0 Å². The lowest BCUT2D eigenvalue weighted by molar-refractivity contribution is 0.563. The van der Waals surface area contributed by atoms with Crippen LogP contribution in [0.3, 0.4) is 0 Å². The lowest BCUT2D eigenvalue weighted by Crippen LogP contribution is -1.95. The molecule has 0 radical (unpaired) electrons. The Morgan fingerprint density at radius 1 is 1.43 bits per heavy atom. The van der Waals surface area contributed by atoms with E-state index < -0.39 is 10.0 Å². The van der Waals surface area contributed by atoms with Gasteiger partial charge in [-0.2, -0.15) is 8.42 Å². The fourth-order valence-electron chi connectivity index (χ4n) is 0.815. The highest BCUT2D eigenvalue weighted by molar-refractivity contribution is 7.90. The molecule has 0 saturated carbocycles. The molecular weight excluding hydrogens is 204 g/mol. The van der Waals surface area contributed by atoms with Crippen LogP contribution in [0, 0.1) is 6.57 Å². The number of sulfonamides is 1. The van der Waals surface area contributed by atoms with Crippen LogP contribution in [-0.2, 0) is 14.8 Å². The third-order valence-electron chi connectivity index (χ3n) is 1.40. The maximum absolute atomic E-state index is 11.2. The van der Waals surface area contributed by atoms with E-state index >= 15 is 0 Å². The Hall–Kier alpha value is -1.96. The van der Waals surface area contributed by atoms with E-state index in [0.29, 0.717) is 0 Å². The number of nitrogens with zero attached hydrogens (tertiary/aromatic N) is 2. The molecule has 14 heavy (non-hydrogen) atoms. The summed E-state index contributed by atoms with van der Waals surface area (Å²) in [6, 6.07) is 5.26. The van der Waals surface area contributed by atoms with Gasteiger partial charge in [0.2, 0.25) is 0 Å². The Bertz CT molecular complexity index is 536. The van der Waals surface area contributed by atoms with Crippen LogP contribution < -0.4 is 0 Å². The number of carbonyl (C=O) groups excluding carboxylic acids is 1. The summed E-state index contributed by atoms with van der Waals surface area (Å²) in [5.74, 6) is 0. The number of benzene rings is 1. The van der Waals surface area contributed by atoms with E-state index in [-0.39, 0.29) is 10.6 Å². The molecule has 0 saturated heterocycles. The van der Waals surface area contributed by atoms with Gasteiger partial charge in [0.05, 0.1) is 11.5 Å². The summed E-state index contributed by atoms with van der Waals surface area (Å²) in [6.45, 7) is 6.67. The van der Waals surface area contributed by atoms with Gasteiger partial charge in [-0.3, -0.25) is 0 Å². The van der Waals surface area contributed by atoms with Gasteiger partial charge in [0.25, 0.3) is 16.1 Å². The Balaban J connectivity index is 3.35. The first kappa shape index (κ1) is 10.1. The van der Waals surface area contributed by atoms with Gasteiger partial charge in [-0.25, -0.2) is 9.64 Å². The molecule has 0 N–H and O–H groups in total. The first-order chi connectivity index (χ1) is 6.60. The van der Waals surface area contributed by atoms with E-state index in [9.17, 15) is 13.2 Å². The van der Waals surface area contributed by atoms with Crippen LogP contribution in [0.1, 0.15) is 0 Å². The van der Waals surface area contributed by atoms with Crippen LogP contribution >= 0.6 is 0 Å². The molecule has 0 heterocycles. The average Bonchev–Trinajstić information content (AvgIpc) is 2.18. The van der Waals surface area contributed by atoms with Gasteiger partial charge in [0, 0.05) is 0 Å². The molecule has 5 nitrogen and oxygen atoms in total. The molecule has 1 rings (SSSR count). The van der Waals surface area contributed by atoms with Crippen molar-refractivity contribution < 1.29 is 13.2 Å². The molecule has 0 unspecified atom stereocenters. The van der Waals surface area contributed by atoms with Crippen molar-refractivity contribution in [1.29, 1.82) is 0 Å². The molecule has 0 aliphatic heterocycles. The van der Waals surface area contributed by atoms with Gasteiger partial charge < -0.3 is 0 Å². The van der Waals surface area contributed by atoms with Crippen LogP contribution in [-0.4, -0.2) is 14.5 Å². The molecule has 1 aromatic carbocycles.